The molecule has 1 amide bonds. The number of amides is 1. The zero-order chi connectivity index (χ0) is 17.1. The molecule has 0 fully saturated rings. The number of aromatic amines is 1. The minimum absolute atomic E-state index is 0.0178. The topological polar surface area (TPSA) is 110 Å². The lowest BCUT2D eigenvalue weighted by Gasteiger charge is -2.07. The van der Waals surface area contributed by atoms with Gasteiger partial charge < -0.3 is 15.0 Å². The first-order valence-electron chi connectivity index (χ1n) is 7.12. The summed E-state index contributed by atoms with van der Waals surface area (Å²) < 4.78 is 5.15. The van der Waals surface area contributed by atoms with Gasteiger partial charge in [-0.25, -0.2) is 4.98 Å². The van der Waals surface area contributed by atoms with Crippen LogP contribution in [-0.2, 0) is 6.54 Å². The summed E-state index contributed by atoms with van der Waals surface area (Å²) in [6.45, 7) is 0.166. The number of hydrogen-bond donors (Lipinski definition) is 2. The molecule has 3 aromatic rings. The monoisotopic (exact) mass is 326 g/mol. The minimum Gasteiger partial charge on any atom is -0.496 e. The van der Waals surface area contributed by atoms with E-state index in [1.54, 1.807) is 30.3 Å². The van der Waals surface area contributed by atoms with E-state index in [1.807, 2.05) is 0 Å². The summed E-state index contributed by atoms with van der Waals surface area (Å²) in [5.41, 5.74) is 1.55. The summed E-state index contributed by atoms with van der Waals surface area (Å²) in [6, 6.07) is 11.3. The number of nitro groups is 1. The zero-order valence-corrected chi connectivity index (χ0v) is 12.8. The molecule has 0 spiro atoms. The average molecular weight is 326 g/mol. The SMILES string of the molecule is COc1ccccc1C(=O)NCc1nc2ccc([N+](=O)[O-])cc2[nH]1. The van der Waals surface area contributed by atoms with Crippen molar-refractivity contribution < 1.29 is 14.5 Å². The molecule has 0 aliphatic rings. The Hall–Kier alpha value is -3.42. The van der Waals surface area contributed by atoms with Crippen LogP contribution in [0, 0.1) is 10.1 Å². The number of fused-ring (bicyclic) bond motifs is 1. The summed E-state index contributed by atoms with van der Waals surface area (Å²) in [4.78, 5) is 29.8. The van der Waals surface area contributed by atoms with Crippen LogP contribution in [0.5, 0.6) is 5.75 Å². The fraction of sp³-hybridized carbons (Fsp3) is 0.125. The maximum atomic E-state index is 12.2. The van der Waals surface area contributed by atoms with Crippen LogP contribution in [0.15, 0.2) is 42.5 Å². The summed E-state index contributed by atoms with van der Waals surface area (Å²) in [5.74, 6) is 0.697. The molecule has 1 heterocycles. The maximum absolute atomic E-state index is 12.2. The molecule has 3 rings (SSSR count). The molecular weight excluding hydrogens is 312 g/mol. The van der Waals surface area contributed by atoms with Gasteiger partial charge in [-0.2, -0.15) is 0 Å². The minimum atomic E-state index is -0.469. The number of carbonyl (C=O) groups excluding carboxylic acids is 1. The average Bonchev–Trinajstić information content (AvgIpc) is 3.01. The molecule has 0 aliphatic carbocycles. The molecule has 8 heteroatoms. The van der Waals surface area contributed by atoms with Gasteiger partial charge in [-0.3, -0.25) is 14.9 Å². The Labute approximate surface area is 136 Å². The van der Waals surface area contributed by atoms with Crippen molar-refractivity contribution >= 4 is 22.6 Å². The van der Waals surface area contributed by atoms with Gasteiger partial charge in [-0.1, -0.05) is 12.1 Å². The molecule has 0 aliphatic heterocycles. The summed E-state index contributed by atoms with van der Waals surface area (Å²) in [7, 11) is 1.50. The molecule has 0 saturated heterocycles. The molecule has 2 aromatic carbocycles. The number of nitro benzene ring substituents is 1. The molecule has 0 bridgehead atoms. The van der Waals surface area contributed by atoms with Crippen LogP contribution in [0.3, 0.4) is 0 Å². The molecule has 0 unspecified atom stereocenters. The predicted molar refractivity (Wildman–Crippen MR) is 86.9 cm³/mol. The van der Waals surface area contributed by atoms with Gasteiger partial charge >= 0.3 is 0 Å². The third kappa shape index (κ3) is 3.02. The number of nitrogens with zero attached hydrogens (tertiary/aromatic N) is 2. The number of hydrogen-bond acceptors (Lipinski definition) is 5. The number of aromatic nitrogens is 2. The van der Waals surface area contributed by atoms with Gasteiger partial charge in [0, 0.05) is 12.1 Å². The van der Waals surface area contributed by atoms with E-state index in [9.17, 15) is 14.9 Å². The van der Waals surface area contributed by atoms with Crippen LogP contribution in [0.2, 0.25) is 0 Å². The highest BCUT2D eigenvalue weighted by molar-refractivity contribution is 5.96. The number of benzene rings is 2. The Kier molecular flexibility index (Phi) is 4.11. The van der Waals surface area contributed by atoms with Crippen LogP contribution in [-0.4, -0.2) is 27.9 Å². The smallest absolute Gasteiger partial charge is 0.271 e. The van der Waals surface area contributed by atoms with Crippen molar-refractivity contribution in [3.63, 3.8) is 0 Å². The van der Waals surface area contributed by atoms with E-state index in [0.717, 1.165) is 0 Å². The van der Waals surface area contributed by atoms with Crippen LogP contribution < -0.4 is 10.1 Å². The van der Waals surface area contributed by atoms with Crippen LogP contribution in [0.4, 0.5) is 5.69 Å². The van der Waals surface area contributed by atoms with E-state index < -0.39 is 4.92 Å². The first-order chi connectivity index (χ1) is 11.6. The molecule has 122 valence electrons. The Bertz CT molecular complexity index is 919. The Morgan fingerprint density at radius 1 is 1.33 bits per heavy atom. The van der Waals surface area contributed by atoms with Gasteiger partial charge in [0.15, 0.2) is 0 Å². The van der Waals surface area contributed by atoms with Gasteiger partial charge in [0.25, 0.3) is 11.6 Å². The number of carbonyl (C=O) groups is 1. The molecule has 24 heavy (non-hydrogen) atoms. The van der Waals surface area contributed by atoms with Gasteiger partial charge in [0.05, 0.1) is 35.2 Å². The Morgan fingerprint density at radius 2 is 2.12 bits per heavy atom. The lowest BCUT2D eigenvalue weighted by atomic mass is 10.2. The van der Waals surface area contributed by atoms with Crippen molar-refractivity contribution in [2.45, 2.75) is 6.54 Å². The Balaban J connectivity index is 1.75. The largest absolute Gasteiger partial charge is 0.496 e. The third-order valence-electron chi connectivity index (χ3n) is 3.49. The van der Waals surface area contributed by atoms with Crippen molar-refractivity contribution in [2.24, 2.45) is 0 Å². The van der Waals surface area contributed by atoms with E-state index in [-0.39, 0.29) is 18.1 Å². The number of non-ortho nitro benzene ring substituents is 1. The van der Waals surface area contributed by atoms with Crippen molar-refractivity contribution in [1.82, 2.24) is 15.3 Å². The predicted octanol–water partition coefficient (Wildman–Crippen LogP) is 2.41. The van der Waals surface area contributed by atoms with Crippen LogP contribution in [0.1, 0.15) is 16.2 Å². The lowest BCUT2D eigenvalue weighted by Crippen LogP contribution is -2.23. The van der Waals surface area contributed by atoms with Crippen LogP contribution in [0.25, 0.3) is 11.0 Å². The van der Waals surface area contributed by atoms with Gasteiger partial charge in [-0.05, 0) is 18.2 Å². The molecule has 8 nitrogen and oxygen atoms in total. The van der Waals surface area contributed by atoms with E-state index >= 15 is 0 Å². The van der Waals surface area contributed by atoms with Gasteiger partial charge in [-0.15, -0.1) is 0 Å². The number of methoxy groups -OCH3 is 1. The normalized spacial score (nSPS) is 10.5. The van der Waals surface area contributed by atoms with Crippen LogP contribution >= 0.6 is 0 Å². The second kappa shape index (κ2) is 6.37. The molecule has 2 N–H and O–H groups in total. The highest BCUT2D eigenvalue weighted by Gasteiger charge is 2.13. The molecule has 0 saturated carbocycles. The second-order valence-electron chi connectivity index (χ2n) is 5.03. The zero-order valence-electron chi connectivity index (χ0n) is 12.8. The molecule has 0 atom stereocenters. The third-order valence-corrected chi connectivity index (χ3v) is 3.49. The number of para-hydroxylation sites is 1. The first kappa shape index (κ1) is 15.5. The number of imidazole rings is 1. The quantitative estimate of drug-likeness (QED) is 0.552. The van der Waals surface area contributed by atoms with E-state index in [1.165, 1.54) is 19.2 Å². The summed E-state index contributed by atoms with van der Waals surface area (Å²) >= 11 is 0. The number of ether oxygens (including phenoxy) is 1. The fourth-order valence-corrected chi connectivity index (χ4v) is 2.34. The van der Waals surface area contributed by atoms with Crippen molar-refractivity contribution in [2.75, 3.05) is 7.11 Å². The molecule has 0 radical (unpaired) electrons. The number of nitrogens with one attached hydrogen (secondary N) is 2. The summed E-state index contributed by atoms with van der Waals surface area (Å²) in [5, 5.41) is 13.5. The maximum Gasteiger partial charge on any atom is 0.271 e. The van der Waals surface area contributed by atoms with Gasteiger partial charge in [0.2, 0.25) is 0 Å². The van der Waals surface area contributed by atoms with Crippen molar-refractivity contribution in [3.05, 3.63) is 64.0 Å². The van der Waals surface area contributed by atoms with E-state index in [4.69, 9.17) is 4.74 Å². The number of H-pyrrole nitrogens is 1. The fourth-order valence-electron chi connectivity index (χ4n) is 2.34. The first-order valence-corrected chi connectivity index (χ1v) is 7.12. The standard InChI is InChI=1S/C16H14N4O4/c1-24-14-5-3-2-4-11(14)16(21)17-9-15-18-12-7-6-10(20(22)23)8-13(12)19-15/h2-8H,9H2,1H3,(H,17,21)(H,18,19). The Morgan fingerprint density at radius 3 is 2.88 bits per heavy atom. The number of rotatable bonds is 5. The van der Waals surface area contributed by atoms with E-state index in [0.29, 0.717) is 28.2 Å². The molecule has 1 aromatic heterocycles. The van der Waals surface area contributed by atoms with Crippen molar-refractivity contribution in [3.8, 4) is 5.75 Å². The molecular formula is C16H14N4O4. The second-order valence-corrected chi connectivity index (χ2v) is 5.03. The van der Waals surface area contributed by atoms with Crippen molar-refractivity contribution in [1.29, 1.82) is 0 Å². The highest BCUT2D eigenvalue weighted by atomic mass is 16.6. The lowest BCUT2D eigenvalue weighted by molar-refractivity contribution is -0.384. The summed E-state index contributed by atoms with van der Waals surface area (Å²) in [6.07, 6.45) is 0. The highest BCUT2D eigenvalue weighted by Crippen LogP contribution is 2.19. The van der Waals surface area contributed by atoms with E-state index in [2.05, 4.69) is 15.3 Å². The van der Waals surface area contributed by atoms with Gasteiger partial charge in [0.1, 0.15) is 11.6 Å².